The van der Waals surface area contributed by atoms with Crippen LogP contribution >= 0.6 is 11.6 Å². The molecule has 3 N–H and O–H groups in total. The Morgan fingerprint density at radius 1 is 1.59 bits per heavy atom. The lowest BCUT2D eigenvalue weighted by Crippen LogP contribution is -2.32. The number of hydrogen-bond acceptors (Lipinski definition) is 4. The van der Waals surface area contributed by atoms with Crippen molar-refractivity contribution in [1.82, 2.24) is 9.88 Å². The van der Waals surface area contributed by atoms with Crippen LogP contribution in [-0.4, -0.2) is 28.6 Å². The van der Waals surface area contributed by atoms with E-state index in [9.17, 15) is 4.79 Å². The molecule has 1 aromatic heterocycles. The second-order valence-corrected chi connectivity index (χ2v) is 3.57. The first-order valence-corrected chi connectivity index (χ1v) is 5.37. The third kappa shape index (κ3) is 3.04. The van der Waals surface area contributed by atoms with E-state index in [1.54, 1.807) is 19.1 Å². The second-order valence-electron chi connectivity index (χ2n) is 3.16. The molecular formula is C11H13ClN4O. The number of carbonyl (C=O) groups is 1. The van der Waals surface area contributed by atoms with Gasteiger partial charge in [-0.15, -0.1) is 0 Å². The summed E-state index contributed by atoms with van der Waals surface area (Å²) in [7, 11) is 0. The minimum Gasteiger partial charge on any atom is -0.388 e. The van der Waals surface area contributed by atoms with Crippen molar-refractivity contribution in [3.63, 3.8) is 0 Å². The molecule has 0 bridgehead atoms. The molecule has 0 saturated heterocycles. The maximum Gasteiger partial charge on any atom is 0.258 e. The van der Waals surface area contributed by atoms with E-state index in [0.717, 1.165) is 6.21 Å². The van der Waals surface area contributed by atoms with Gasteiger partial charge in [-0.3, -0.25) is 9.78 Å². The number of halogens is 1. The van der Waals surface area contributed by atoms with Gasteiger partial charge in [0.05, 0.1) is 5.70 Å². The minimum atomic E-state index is -0.267. The fourth-order valence-electron chi connectivity index (χ4n) is 1.35. The van der Waals surface area contributed by atoms with Crippen molar-refractivity contribution in [1.29, 1.82) is 5.41 Å². The largest absolute Gasteiger partial charge is 0.388 e. The first-order valence-electron chi connectivity index (χ1n) is 4.99. The van der Waals surface area contributed by atoms with Gasteiger partial charge in [0.1, 0.15) is 5.16 Å². The SMILES string of the molecule is CCN(C(=O)c1ccncc1)/C(C=N)=C(/N)Cl. The Morgan fingerprint density at radius 3 is 2.59 bits per heavy atom. The number of aromatic nitrogens is 1. The summed E-state index contributed by atoms with van der Waals surface area (Å²) in [4.78, 5) is 17.3. The number of hydrogen-bond donors (Lipinski definition) is 2. The van der Waals surface area contributed by atoms with E-state index in [-0.39, 0.29) is 16.8 Å². The summed E-state index contributed by atoms with van der Waals surface area (Å²) in [5.41, 5.74) is 6.09. The lowest BCUT2D eigenvalue weighted by atomic mass is 10.2. The Hall–Kier alpha value is -1.88. The Balaban J connectivity index is 3.08. The zero-order valence-corrected chi connectivity index (χ0v) is 10.1. The van der Waals surface area contributed by atoms with Crippen LogP contribution in [-0.2, 0) is 0 Å². The predicted molar refractivity (Wildman–Crippen MR) is 66.8 cm³/mol. The van der Waals surface area contributed by atoms with Gasteiger partial charge in [-0.05, 0) is 19.1 Å². The zero-order chi connectivity index (χ0) is 12.8. The number of carbonyl (C=O) groups excluding carboxylic acids is 1. The zero-order valence-electron chi connectivity index (χ0n) is 9.35. The predicted octanol–water partition coefficient (Wildman–Crippen LogP) is 1.56. The molecule has 0 atom stereocenters. The molecule has 0 unspecified atom stereocenters. The number of allylic oxidation sites excluding steroid dienone is 1. The average Bonchev–Trinajstić information content (AvgIpc) is 2.35. The third-order valence-corrected chi connectivity index (χ3v) is 2.35. The highest BCUT2D eigenvalue weighted by Crippen LogP contribution is 2.12. The molecule has 0 aromatic carbocycles. The number of pyridine rings is 1. The van der Waals surface area contributed by atoms with Crippen molar-refractivity contribution in [3.05, 3.63) is 40.9 Å². The van der Waals surface area contributed by atoms with E-state index < -0.39 is 0 Å². The van der Waals surface area contributed by atoms with Gasteiger partial charge < -0.3 is 16.0 Å². The standard InChI is InChI=1S/C11H13ClN4O/c1-2-16(9(7-13)10(12)14)11(17)8-3-5-15-6-4-8/h3-7,13H,2,14H2,1H3/b10-9+,13-7?. The van der Waals surface area contributed by atoms with E-state index in [1.165, 1.54) is 17.3 Å². The molecule has 1 aromatic rings. The highest BCUT2D eigenvalue weighted by molar-refractivity contribution is 6.30. The van der Waals surface area contributed by atoms with Gasteiger partial charge in [0, 0.05) is 30.7 Å². The van der Waals surface area contributed by atoms with Crippen molar-refractivity contribution in [3.8, 4) is 0 Å². The number of nitrogens with one attached hydrogen (secondary N) is 1. The normalized spacial score (nSPS) is 11.6. The summed E-state index contributed by atoms with van der Waals surface area (Å²) < 4.78 is 0. The molecule has 0 radical (unpaired) electrons. The molecule has 5 nitrogen and oxygen atoms in total. The van der Waals surface area contributed by atoms with Crippen molar-refractivity contribution >= 4 is 23.7 Å². The Labute approximate surface area is 104 Å². The van der Waals surface area contributed by atoms with Crippen LogP contribution in [0.1, 0.15) is 17.3 Å². The molecule has 6 heteroatoms. The number of nitrogens with zero attached hydrogens (tertiary/aromatic N) is 2. The first kappa shape index (κ1) is 13.2. The van der Waals surface area contributed by atoms with Crippen LogP contribution in [0.5, 0.6) is 0 Å². The number of nitrogens with two attached hydrogens (primary N) is 1. The van der Waals surface area contributed by atoms with Gasteiger partial charge in [0.25, 0.3) is 5.91 Å². The molecule has 17 heavy (non-hydrogen) atoms. The highest BCUT2D eigenvalue weighted by atomic mass is 35.5. The summed E-state index contributed by atoms with van der Waals surface area (Å²) in [6, 6.07) is 3.19. The van der Waals surface area contributed by atoms with Crippen LogP contribution in [0.25, 0.3) is 0 Å². The summed E-state index contributed by atoms with van der Waals surface area (Å²) in [5, 5.41) is 7.15. The van der Waals surface area contributed by atoms with Gasteiger partial charge in [0.15, 0.2) is 0 Å². The van der Waals surface area contributed by atoms with E-state index >= 15 is 0 Å². The van der Waals surface area contributed by atoms with Crippen molar-refractivity contribution in [2.24, 2.45) is 5.73 Å². The van der Waals surface area contributed by atoms with Crippen molar-refractivity contribution < 1.29 is 4.79 Å². The second kappa shape index (κ2) is 6.00. The Bertz CT molecular complexity index is 440. The monoisotopic (exact) mass is 252 g/mol. The third-order valence-electron chi connectivity index (χ3n) is 2.16. The topological polar surface area (TPSA) is 83.1 Å². The molecule has 0 aliphatic carbocycles. The summed E-state index contributed by atoms with van der Waals surface area (Å²) >= 11 is 5.65. The average molecular weight is 253 g/mol. The molecule has 0 spiro atoms. The van der Waals surface area contributed by atoms with Crippen LogP contribution in [0.3, 0.4) is 0 Å². The fourth-order valence-corrected chi connectivity index (χ4v) is 1.51. The van der Waals surface area contributed by atoms with Gasteiger partial charge in [-0.25, -0.2) is 0 Å². The van der Waals surface area contributed by atoms with Crippen LogP contribution in [0.15, 0.2) is 35.4 Å². The molecule has 1 rings (SSSR count). The molecule has 0 saturated carbocycles. The lowest BCUT2D eigenvalue weighted by molar-refractivity contribution is 0.0820. The van der Waals surface area contributed by atoms with Crippen molar-refractivity contribution in [2.45, 2.75) is 6.92 Å². The van der Waals surface area contributed by atoms with Crippen molar-refractivity contribution in [2.75, 3.05) is 6.54 Å². The van der Waals surface area contributed by atoms with E-state index in [2.05, 4.69) is 4.98 Å². The van der Waals surface area contributed by atoms with Crippen LogP contribution in [0.4, 0.5) is 0 Å². The van der Waals surface area contributed by atoms with Crippen LogP contribution in [0, 0.1) is 5.41 Å². The Morgan fingerprint density at radius 2 is 2.18 bits per heavy atom. The van der Waals surface area contributed by atoms with Gasteiger partial charge in [-0.2, -0.15) is 0 Å². The van der Waals surface area contributed by atoms with E-state index in [0.29, 0.717) is 12.1 Å². The lowest BCUT2D eigenvalue weighted by Gasteiger charge is -2.21. The number of rotatable bonds is 4. The van der Waals surface area contributed by atoms with Gasteiger partial charge in [0.2, 0.25) is 0 Å². The Kier molecular flexibility index (Phi) is 4.66. The summed E-state index contributed by atoms with van der Waals surface area (Å²) in [6.45, 7) is 2.15. The molecule has 1 amide bonds. The highest BCUT2D eigenvalue weighted by Gasteiger charge is 2.18. The molecule has 0 aliphatic rings. The van der Waals surface area contributed by atoms with Crippen LogP contribution in [0.2, 0.25) is 0 Å². The maximum absolute atomic E-state index is 12.1. The molecular weight excluding hydrogens is 240 g/mol. The quantitative estimate of drug-likeness (QED) is 0.630. The smallest absolute Gasteiger partial charge is 0.258 e. The molecule has 0 aliphatic heterocycles. The van der Waals surface area contributed by atoms with Crippen LogP contribution < -0.4 is 5.73 Å². The summed E-state index contributed by atoms with van der Waals surface area (Å²) in [6.07, 6.45) is 4.02. The van der Waals surface area contributed by atoms with E-state index in [4.69, 9.17) is 22.7 Å². The molecule has 0 fully saturated rings. The van der Waals surface area contributed by atoms with E-state index in [1.807, 2.05) is 0 Å². The maximum atomic E-state index is 12.1. The first-order chi connectivity index (χ1) is 8.11. The van der Waals surface area contributed by atoms with Gasteiger partial charge >= 0.3 is 0 Å². The molecule has 1 heterocycles. The number of amides is 1. The van der Waals surface area contributed by atoms with Gasteiger partial charge in [-0.1, -0.05) is 11.6 Å². The fraction of sp³-hybridized carbons (Fsp3) is 0.182. The summed E-state index contributed by atoms with van der Waals surface area (Å²) in [5.74, 6) is -0.267. The minimum absolute atomic E-state index is 0.0794. The molecule has 90 valence electrons.